The second-order valence-electron chi connectivity index (χ2n) is 4.58. The second-order valence-corrected chi connectivity index (χ2v) is 4.58. The molecule has 1 amide bonds. The monoisotopic (exact) mass is 265 g/mol. The van der Waals surface area contributed by atoms with Crippen LogP contribution in [0.4, 0.5) is 0 Å². The molecule has 1 atom stereocenters. The summed E-state index contributed by atoms with van der Waals surface area (Å²) in [5.41, 5.74) is 1.07. The molecular weight excluding hydrogens is 246 g/mol. The van der Waals surface area contributed by atoms with Gasteiger partial charge < -0.3 is 15.1 Å². The van der Waals surface area contributed by atoms with Gasteiger partial charge in [-0.05, 0) is 37.6 Å². The molecule has 0 aliphatic carbocycles. The maximum absolute atomic E-state index is 12.2. The topological polar surface area (TPSA) is 77.8 Å². The number of carbonyl (C=O) groups is 2. The van der Waals surface area contributed by atoms with Gasteiger partial charge >= 0.3 is 5.97 Å². The van der Waals surface area contributed by atoms with Crippen molar-refractivity contribution in [3.05, 3.63) is 29.3 Å². The lowest BCUT2D eigenvalue weighted by atomic mass is 10.1. The average Bonchev–Trinajstić information content (AvgIpc) is 2.37. The van der Waals surface area contributed by atoms with Crippen molar-refractivity contribution >= 4 is 11.9 Å². The van der Waals surface area contributed by atoms with E-state index in [0.717, 1.165) is 0 Å². The van der Waals surface area contributed by atoms with Gasteiger partial charge in [-0.1, -0.05) is 6.92 Å². The highest BCUT2D eigenvalue weighted by Gasteiger charge is 2.20. The van der Waals surface area contributed by atoms with Gasteiger partial charge in [0.15, 0.2) is 0 Å². The van der Waals surface area contributed by atoms with Crippen LogP contribution in [0, 0.1) is 12.8 Å². The molecule has 2 N–H and O–H groups in total. The van der Waals surface area contributed by atoms with Crippen LogP contribution in [0.1, 0.15) is 29.8 Å². The van der Waals surface area contributed by atoms with Crippen LogP contribution in [0.5, 0.6) is 5.75 Å². The van der Waals surface area contributed by atoms with Crippen molar-refractivity contribution in [3.8, 4) is 5.75 Å². The minimum Gasteiger partial charge on any atom is -0.508 e. The second kappa shape index (κ2) is 6.22. The van der Waals surface area contributed by atoms with E-state index in [1.165, 1.54) is 11.0 Å². The number of carboxylic acid groups (broad SMARTS) is 1. The highest BCUT2D eigenvalue weighted by Crippen LogP contribution is 2.18. The summed E-state index contributed by atoms with van der Waals surface area (Å²) >= 11 is 0. The quantitative estimate of drug-likeness (QED) is 0.852. The van der Waals surface area contributed by atoms with Crippen LogP contribution >= 0.6 is 0 Å². The van der Waals surface area contributed by atoms with Gasteiger partial charge in [0, 0.05) is 18.7 Å². The van der Waals surface area contributed by atoms with Gasteiger partial charge in [-0.25, -0.2) is 0 Å². The first-order chi connectivity index (χ1) is 8.86. The van der Waals surface area contributed by atoms with Gasteiger partial charge in [0.25, 0.3) is 5.91 Å². The Morgan fingerprint density at radius 3 is 2.47 bits per heavy atom. The van der Waals surface area contributed by atoms with Crippen LogP contribution < -0.4 is 0 Å². The number of nitrogens with zero attached hydrogens (tertiary/aromatic N) is 1. The molecule has 5 heteroatoms. The molecule has 1 unspecified atom stereocenters. The number of phenols is 1. The van der Waals surface area contributed by atoms with Gasteiger partial charge in [0.05, 0.1) is 5.92 Å². The maximum Gasteiger partial charge on any atom is 0.308 e. The summed E-state index contributed by atoms with van der Waals surface area (Å²) in [6.45, 7) is 5.70. The number of carbonyl (C=O) groups excluding carboxylic acids is 1. The summed E-state index contributed by atoms with van der Waals surface area (Å²) in [5.74, 6) is -1.62. The largest absolute Gasteiger partial charge is 0.508 e. The molecule has 0 aromatic heterocycles. The number of aromatic hydroxyl groups is 1. The van der Waals surface area contributed by atoms with Gasteiger partial charge in [0.2, 0.25) is 0 Å². The number of hydrogen-bond donors (Lipinski definition) is 2. The van der Waals surface area contributed by atoms with Crippen LogP contribution in [0.2, 0.25) is 0 Å². The zero-order valence-corrected chi connectivity index (χ0v) is 11.4. The van der Waals surface area contributed by atoms with Crippen LogP contribution in [-0.2, 0) is 4.79 Å². The first-order valence-electron chi connectivity index (χ1n) is 6.18. The number of aryl methyl sites for hydroxylation is 1. The van der Waals surface area contributed by atoms with Crippen molar-refractivity contribution in [1.29, 1.82) is 0 Å². The third-order valence-corrected chi connectivity index (χ3v) is 3.03. The Balaban J connectivity index is 2.89. The fraction of sp³-hybridized carbons (Fsp3) is 0.429. The summed E-state index contributed by atoms with van der Waals surface area (Å²) in [7, 11) is 0. The summed E-state index contributed by atoms with van der Waals surface area (Å²) in [6, 6.07) is 4.61. The van der Waals surface area contributed by atoms with Gasteiger partial charge in [0.1, 0.15) is 5.75 Å². The molecule has 1 aromatic carbocycles. The summed E-state index contributed by atoms with van der Waals surface area (Å²) < 4.78 is 0. The summed E-state index contributed by atoms with van der Waals surface area (Å²) in [6.07, 6.45) is 0. The third kappa shape index (κ3) is 3.71. The van der Waals surface area contributed by atoms with Crippen LogP contribution in [0.3, 0.4) is 0 Å². The maximum atomic E-state index is 12.2. The number of rotatable bonds is 5. The Morgan fingerprint density at radius 2 is 2.00 bits per heavy atom. The van der Waals surface area contributed by atoms with Gasteiger partial charge in [-0.3, -0.25) is 9.59 Å². The SMILES string of the molecule is CCN(CC(C)C(=O)O)C(=O)c1ccc(O)c(C)c1. The van der Waals surface area contributed by atoms with E-state index in [4.69, 9.17) is 5.11 Å². The molecule has 0 heterocycles. The average molecular weight is 265 g/mol. The molecule has 0 saturated heterocycles. The molecule has 1 rings (SSSR count). The lowest BCUT2D eigenvalue weighted by Crippen LogP contribution is -2.36. The van der Waals surface area contributed by atoms with Crippen molar-refractivity contribution < 1.29 is 19.8 Å². The number of phenolic OH excluding ortho intramolecular Hbond substituents is 1. The predicted octanol–water partition coefficient (Wildman–Crippen LogP) is 1.88. The normalized spacial score (nSPS) is 11.9. The van der Waals surface area contributed by atoms with Gasteiger partial charge in [-0.2, -0.15) is 0 Å². The molecule has 0 saturated carbocycles. The van der Waals surface area contributed by atoms with Crippen molar-refractivity contribution in [2.75, 3.05) is 13.1 Å². The Morgan fingerprint density at radius 1 is 1.37 bits per heavy atom. The van der Waals surface area contributed by atoms with E-state index < -0.39 is 11.9 Å². The minimum atomic E-state index is -0.923. The predicted molar refractivity (Wildman–Crippen MR) is 71.2 cm³/mol. The smallest absolute Gasteiger partial charge is 0.308 e. The fourth-order valence-corrected chi connectivity index (χ4v) is 1.74. The third-order valence-electron chi connectivity index (χ3n) is 3.03. The van der Waals surface area contributed by atoms with Gasteiger partial charge in [-0.15, -0.1) is 0 Å². The van der Waals surface area contributed by atoms with Crippen molar-refractivity contribution in [1.82, 2.24) is 4.90 Å². The molecule has 0 aliphatic rings. The molecule has 0 aliphatic heterocycles. The van der Waals surface area contributed by atoms with E-state index in [2.05, 4.69) is 0 Å². The summed E-state index contributed by atoms with van der Waals surface area (Å²) in [4.78, 5) is 24.6. The van der Waals surface area contributed by atoms with Crippen LogP contribution in [0.15, 0.2) is 18.2 Å². The fourth-order valence-electron chi connectivity index (χ4n) is 1.74. The molecular formula is C14H19NO4. The first kappa shape index (κ1) is 15.0. The van der Waals surface area contributed by atoms with Crippen molar-refractivity contribution in [2.24, 2.45) is 5.92 Å². The van der Waals surface area contributed by atoms with E-state index in [1.54, 1.807) is 32.9 Å². The van der Waals surface area contributed by atoms with E-state index >= 15 is 0 Å². The zero-order valence-electron chi connectivity index (χ0n) is 11.4. The van der Waals surface area contributed by atoms with E-state index in [0.29, 0.717) is 17.7 Å². The molecule has 0 fully saturated rings. The number of benzene rings is 1. The lowest BCUT2D eigenvalue weighted by Gasteiger charge is -2.23. The van der Waals surface area contributed by atoms with E-state index in [1.807, 2.05) is 0 Å². The summed E-state index contributed by atoms with van der Waals surface area (Å²) in [5, 5.41) is 18.3. The molecule has 0 bridgehead atoms. The number of carboxylic acids is 1. The minimum absolute atomic E-state index is 0.138. The van der Waals surface area contributed by atoms with Crippen molar-refractivity contribution in [3.63, 3.8) is 0 Å². The lowest BCUT2D eigenvalue weighted by molar-refractivity contribution is -0.141. The molecule has 1 aromatic rings. The standard InChI is InChI=1S/C14H19NO4/c1-4-15(8-10(3)14(18)19)13(17)11-5-6-12(16)9(2)7-11/h5-7,10,16H,4,8H2,1-3H3,(H,18,19). The Bertz CT molecular complexity index is 484. The molecule has 0 radical (unpaired) electrons. The highest BCUT2D eigenvalue weighted by molar-refractivity contribution is 5.94. The molecule has 104 valence electrons. The Kier molecular flexibility index (Phi) is 4.92. The number of amides is 1. The molecule has 0 spiro atoms. The number of hydrogen-bond acceptors (Lipinski definition) is 3. The Labute approximate surface area is 112 Å². The molecule has 19 heavy (non-hydrogen) atoms. The first-order valence-corrected chi connectivity index (χ1v) is 6.18. The number of aliphatic carboxylic acids is 1. The zero-order chi connectivity index (χ0) is 14.6. The van der Waals surface area contributed by atoms with Crippen molar-refractivity contribution in [2.45, 2.75) is 20.8 Å². The van der Waals surface area contributed by atoms with E-state index in [-0.39, 0.29) is 18.2 Å². The van der Waals surface area contributed by atoms with Crippen LogP contribution in [0.25, 0.3) is 0 Å². The molecule has 5 nitrogen and oxygen atoms in total. The van der Waals surface area contributed by atoms with E-state index in [9.17, 15) is 14.7 Å². The van der Waals surface area contributed by atoms with Crippen LogP contribution in [-0.4, -0.2) is 40.1 Å². The Hall–Kier alpha value is -2.04. The highest BCUT2D eigenvalue weighted by atomic mass is 16.4.